The van der Waals surface area contributed by atoms with Gasteiger partial charge in [-0.1, -0.05) is 35.9 Å². The van der Waals surface area contributed by atoms with Gasteiger partial charge in [-0.05, 0) is 35.4 Å². The van der Waals surface area contributed by atoms with Gasteiger partial charge in [0.05, 0.1) is 11.8 Å². The zero-order chi connectivity index (χ0) is 18.7. The lowest BCUT2D eigenvalue weighted by Gasteiger charge is -2.36. The van der Waals surface area contributed by atoms with Crippen LogP contribution in [0.3, 0.4) is 0 Å². The smallest absolute Gasteiger partial charge is 0.254 e. The van der Waals surface area contributed by atoms with Gasteiger partial charge in [0.1, 0.15) is 0 Å². The van der Waals surface area contributed by atoms with Crippen LogP contribution in [0.25, 0.3) is 0 Å². The molecule has 2 aromatic rings. The van der Waals surface area contributed by atoms with E-state index in [9.17, 15) is 13.2 Å². The van der Waals surface area contributed by atoms with Crippen molar-refractivity contribution in [3.63, 3.8) is 0 Å². The van der Waals surface area contributed by atoms with E-state index in [1.165, 1.54) is 6.26 Å². The maximum Gasteiger partial charge on any atom is 0.254 e. The van der Waals surface area contributed by atoms with Crippen LogP contribution in [0.1, 0.15) is 27.5 Å². The van der Waals surface area contributed by atoms with Crippen LogP contribution < -0.4 is 5.32 Å². The number of hydrogen-bond acceptors (Lipinski definition) is 4. The fraction of sp³-hybridized carbons (Fsp3) is 0.316. The van der Waals surface area contributed by atoms with Gasteiger partial charge >= 0.3 is 0 Å². The lowest BCUT2D eigenvalue weighted by Crippen LogP contribution is -2.48. The molecule has 1 fully saturated rings. The van der Waals surface area contributed by atoms with Crippen molar-refractivity contribution in [1.82, 2.24) is 10.2 Å². The summed E-state index contributed by atoms with van der Waals surface area (Å²) in [6, 6.07) is 14.3. The van der Waals surface area contributed by atoms with E-state index in [1.54, 1.807) is 24.3 Å². The van der Waals surface area contributed by atoms with E-state index < -0.39 is 9.84 Å². The third kappa shape index (κ3) is 4.63. The third-order valence-corrected chi connectivity index (χ3v) is 5.43. The minimum atomic E-state index is -3.15. The van der Waals surface area contributed by atoms with Gasteiger partial charge in [0.25, 0.3) is 5.91 Å². The Kier molecular flexibility index (Phi) is 5.65. The average molecular weight is 393 g/mol. The van der Waals surface area contributed by atoms with E-state index in [0.29, 0.717) is 35.8 Å². The second kappa shape index (κ2) is 7.78. The lowest BCUT2D eigenvalue weighted by atomic mass is 10.0. The standard InChI is InChI=1S/C19H21ClN2O3S/c1-26(24,25)13-14-4-2-6-16(10-14)19(23)22-9-8-21-12-18(22)15-5-3-7-17(20)11-15/h2-7,10-11,18,21H,8-9,12-13H2,1H3. The number of amides is 1. The normalized spacial score (nSPS) is 17.9. The van der Waals surface area contributed by atoms with Crippen molar-refractivity contribution < 1.29 is 13.2 Å². The average Bonchev–Trinajstić information content (AvgIpc) is 2.60. The van der Waals surface area contributed by atoms with Gasteiger partial charge in [0.2, 0.25) is 0 Å². The second-order valence-corrected chi connectivity index (χ2v) is 9.12. The van der Waals surface area contributed by atoms with Gasteiger partial charge in [-0.25, -0.2) is 8.42 Å². The number of rotatable bonds is 4. The summed E-state index contributed by atoms with van der Waals surface area (Å²) in [6.45, 7) is 1.94. The molecular weight excluding hydrogens is 372 g/mol. The van der Waals surface area contributed by atoms with E-state index in [2.05, 4.69) is 5.32 Å². The fourth-order valence-corrected chi connectivity index (χ4v) is 4.21. The van der Waals surface area contributed by atoms with Gasteiger partial charge in [-0.2, -0.15) is 0 Å². The Hall–Kier alpha value is -1.89. The van der Waals surface area contributed by atoms with Crippen LogP contribution in [0, 0.1) is 0 Å². The van der Waals surface area contributed by atoms with Crippen molar-refractivity contribution in [2.45, 2.75) is 11.8 Å². The molecule has 1 atom stereocenters. The Balaban J connectivity index is 1.88. The molecule has 0 aliphatic carbocycles. The summed E-state index contributed by atoms with van der Waals surface area (Å²) >= 11 is 6.11. The number of benzene rings is 2. The highest BCUT2D eigenvalue weighted by atomic mass is 35.5. The summed E-state index contributed by atoms with van der Waals surface area (Å²) in [6.07, 6.45) is 1.19. The number of hydrogen-bond donors (Lipinski definition) is 1. The summed E-state index contributed by atoms with van der Waals surface area (Å²) in [5, 5.41) is 3.95. The molecule has 2 aromatic carbocycles. The molecule has 0 saturated carbocycles. The summed E-state index contributed by atoms with van der Waals surface area (Å²) in [5.74, 6) is -0.181. The van der Waals surface area contributed by atoms with Crippen molar-refractivity contribution in [1.29, 1.82) is 0 Å². The van der Waals surface area contributed by atoms with E-state index in [0.717, 1.165) is 5.56 Å². The van der Waals surface area contributed by atoms with Crippen LogP contribution in [0.2, 0.25) is 5.02 Å². The number of carbonyl (C=O) groups excluding carboxylic acids is 1. The number of nitrogens with one attached hydrogen (secondary N) is 1. The first-order valence-corrected chi connectivity index (χ1v) is 10.8. The number of carbonyl (C=O) groups is 1. The first-order valence-electron chi connectivity index (χ1n) is 8.37. The largest absolute Gasteiger partial charge is 0.329 e. The van der Waals surface area contributed by atoms with Crippen molar-refractivity contribution >= 4 is 27.3 Å². The van der Waals surface area contributed by atoms with E-state index in [-0.39, 0.29) is 17.7 Å². The Labute approximate surface area is 158 Å². The molecule has 1 N–H and O–H groups in total. The molecule has 1 heterocycles. The van der Waals surface area contributed by atoms with Crippen LogP contribution in [0.15, 0.2) is 48.5 Å². The summed E-state index contributed by atoms with van der Waals surface area (Å²) in [4.78, 5) is 14.9. The second-order valence-electron chi connectivity index (χ2n) is 6.54. The molecule has 1 aliphatic heterocycles. The van der Waals surface area contributed by atoms with Crippen molar-refractivity contribution in [3.05, 3.63) is 70.2 Å². The van der Waals surface area contributed by atoms with Crippen molar-refractivity contribution in [2.24, 2.45) is 0 Å². The molecule has 1 aliphatic rings. The van der Waals surface area contributed by atoms with Crippen molar-refractivity contribution in [3.8, 4) is 0 Å². The molecule has 0 spiro atoms. The molecule has 0 bridgehead atoms. The minimum absolute atomic E-state index is 0.0760. The summed E-state index contributed by atoms with van der Waals surface area (Å²) < 4.78 is 23.1. The minimum Gasteiger partial charge on any atom is -0.329 e. The first-order chi connectivity index (χ1) is 12.3. The zero-order valence-corrected chi connectivity index (χ0v) is 16.1. The maximum atomic E-state index is 13.1. The SMILES string of the molecule is CS(=O)(=O)Cc1cccc(C(=O)N2CCNCC2c2cccc(Cl)c2)c1. The quantitative estimate of drug-likeness (QED) is 0.868. The number of sulfone groups is 1. The highest BCUT2D eigenvalue weighted by Crippen LogP contribution is 2.26. The number of nitrogens with zero attached hydrogens (tertiary/aromatic N) is 1. The fourth-order valence-electron chi connectivity index (χ4n) is 3.22. The van der Waals surface area contributed by atoms with Crippen LogP contribution in [0.5, 0.6) is 0 Å². The molecule has 1 unspecified atom stereocenters. The van der Waals surface area contributed by atoms with Crippen LogP contribution >= 0.6 is 11.6 Å². The van der Waals surface area contributed by atoms with E-state index in [1.807, 2.05) is 29.2 Å². The predicted molar refractivity (Wildman–Crippen MR) is 103 cm³/mol. The van der Waals surface area contributed by atoms with Gasteiger partial charge < -0.3 is 10.2 Å². The molecule has 0 radical (unpaired) electrons. The van der Waals surface area contributed by atoms with Gasteiger partial charge in [0, 0.05) is 36.5 Å². The van der Waals surface area contributed by atoms with Gasteiger partial charge in [-0.3, -0.25) is 4.79 Å². The highest BCUT2D eigenvalue weighted by Gasteiger charge is 2.28. The molecule has 26 heavy (non-hydrogen) atoms. The van der Waals surface area contributed by atoms with Crippen LogP contribution in [-0.4, -0.2) is 45.1 Å². The Morgan fingerprint density at radius 2 is 2.00 bits per heavy atom. The molecule has 1 amide bonds. The molecule has 7 heteroatoms. The number of halogens is 1. The van der Waals surface area contributed by atoms with E-state index >= 15 is 0 Å². The van der Waals surface area contributed by atoms with Crippen LogP contribution in [-0.2, 0) is 15.6 Å². The molecular formula is C19H21ClN2O3S. The monoisotopic (exact) mass is 392 g/mol. The zero-order valence-electron chi connectivity index (χ0n) is 14.5. The van der Waals surface area contributed by atoms with Gasteiger partial charge in [-0.15, -0.1) is 0 Å². The maximum absolute atomic E-state index is 13.1. The Morgan fingerprint density at radius 3 is 2.73 bits per heavy atom. The van der Waals surface area contributed by atoms with E-state index in [4.69, 9.17) is 11.6 Å². The number of piperazine rings is 1. The first kappa shape index (κ1) is 18.9. The highest BCUT2D eigenvalue weighted by molar-refractivity contribution is 7.89. The summed E-state index contributed by atoms with van der Waals surface area (Å²) in [5.41, 5.74) is 2.10. The third-order valence-electron chi connectivity index (χ3n) is 4.34. The predicted octanol–water partition coefficient (Wildman–Crippen LogP) is 2.67. The summed E-state index contributed by atoms with van der Waals surface area (Å²) in [7, 11) is -3.15. The lowest BCUT2D eigenvalue weighted by molar-refractivity contribution is 0.0634. The topological polar surface area (TPSA) is 66.5 Å². The molecule has 1 saturated heterocycles. The Bertz CT molecular complexity index is 915. The Morgan fingerprint density at radius 1 is 1.23 bits per heavy atom. The molecule has 5 nitrogen and oxygen atoms in total. The molecule has 138 valence electrons. The van der Waals surface area contributed by atoms with Crippen molar-refractivity contribution in [2.75, 3.05) is 25.9 Å². The molecule has 3 rings (SSSR count). The van der Waals surface area contributed by atoms with Crippen LogP contribution in [0.4, 0.5) is 0 Å². The molecule has 0 aromatic heterocycles. The van der Waals surface area contributed by atoms with Gasteiger partial charge in [0.15, 0.2) is 9.84 Å².